The normalized spacial score (nSPS) is 27.6. The number of benzene rings is 1. The van der Waals surface area contributed by atoms with Crippen LogP contribution in [0.2, 0.25) is 0 Å². The molecule has 5 heterocycles. The fourth-order valence-electron chi connectivity index (χ4n) is 5.41. The van der Waals surface area contributed by atoms with Crippen LogP contribution in [0.5, 0.6) is 0 Å². The number of hydrogen-bond acceptors (Lipinski definition) is 15. The van der Waals surface area contributed by atoms with E-state index in [1.165, 1.54) is 17.2 Å². The number of aromatic nitrogens is 8. The molecule has 16 nitrogen and oxygen atoms in total. The SMILES string of the molecule is COC(=O)COC1C(SC2COCC(n3cc(-c4cncnc4)nn3)C2O)OC(CO)C(O)C1n1cc(-c2cc(F)c(F)c(F)c2)nn1. The molecule has 0 aliphatic carbocycles. The highest BCUT2D eigenvalue weighted by Crippen LogP contribution is 2.41. The van der Waals surface area contributed by atoms with Gasteiger partial charge in [-0.2, -0.15) is 0 Å². The average molecular weight is 695 g/mol. The smallest absolute Gasteiger partial charge is 0.331 e. The highest BCUT2D eigenvalue weighted by Gasteiger charge is 2.50. The van der Waals surface area contributed by atoms with Crippen LogP contribution in [0.1, 0.15) is 12.1 Å². The highest BCUT2D eigenvalue weighted by atomic mass is 32.2. The number of aliphatic hydroxyl groups excluding tert-OH is 3. The van der Waals surface area contributed by atoms with Crippen molar-refractivity contribution in [3.63, 3.8) is 0 Å². The first kappa shape index (κ1) is 33.8. The summed E-state index contributed by atoms with van der Waals surface area (Å²) in [6, 6.07) is -0.400. The number of halogens is 3. The van der Waals surface area contributed by atoms with Crippen LogP contribution in [0.3, 0.4) is 0 Å². The number of aliphatic hydroxyl groups is 3. The van der Waals surface area contributed by atoms with E-state index < -0.39 is 83.8 Å². The molecule has 2 aliphatic rings. The molecule has 0 radical (unpaired) electrons. The molecule has 8 atom stereocenters. The Kier molecular flexibility index (Phi) is 10.3. The van der Waals surface area contributed by atoms with Gasteiger partial charge in [-0.3, -0.25) is 0 Å². The van der Waals surface area contributed by atoms with Crippen LogP contribution in [-0.4, -0.2) is 130 Å². The van der Waals surface area contributed by atoms with Crippen molar-refractivity contribution in [3.05, 3.63) is 60.7 Å². The fourth-order valence-corrected chi connectivity index (χ4v) is 6.87. The molecule has 0 saturated carbocycles. The van der Waals surface area contributed by atoms with E-state index in [1.807, 2.05) is 0 Å². The number of nitrogens with zero attached hydrogens (tertiary/aromatic N) is 8. The van der Waals surface area contributed by atoms with Crippen molar-refractivity contribution in [2.45, 2.75) is 47.2 Å². The molecular formula is C28H29F3N8O8S. The van der Waals surface area contributed by atoms with Crippen LogP contribution in [0.25, 0.3) is 22.5 Å². The molecule has 2 aliphatic heterocycles. The largest absolute Gasteiger partial charge is 0.467 e. The first-order valence-corrected chi connectivity index (χ1v) is 15.4. The van der Waals surface area contributed by atoms with Gasteiger partial charge in [0, 0.05) is 23.5 Å². The summed E-state index contributed by atoms with van der Waals surface area (Å²) in [5, 5.41) is 48.5. The fraction of sp³-hybridized carbons (Fsp3) is 0.464. The first-order valence-electron chi connectivity index (χ1n) is 14.5. The first-order chi connectivity index (χ1) is 23.2. The van der Waals surface area contributed by atoms with E-state index in [0.29, 0.717) is 11.3 Å². The summed E-state index contributed by atoms with van der Waals surface area (Å²) in [5.41, 5.74) is -0.182. The Hall–Kier alpha value is -4.05. The van der Waals surface area contributed by atoms with Crippen molar-refractivity contribution < 1.29 is 52.2 Å². The van der Waals surface area contributed by atoms with Gasteiger partial charge in [-0.25, -0.2) is 37.3 Å². The number of carbonyl (C=O) groups excluding carboxylic acids is 1. The minimum absolute atomic E-state index is 0.0617. The summed E-state index contributed by atoms with van der Waals surface area (Å²) in [6.07, 6.45) is 2.40. The quantitative estimate of drug-likeness (QED) is 0.151. The predicted molar refractivity (Wildman–Crippen MR) is 156 cm³/mol. The van der Waals surface area contributed by atoms with E-state index in [4.69, 9.17) is 18.9 Å². The number of thioether (sulfide) groups is 1. The Morgan fingerprint density at radius 2 is 1.67 bits per heavy atom. The Morgan fingerprint density at radius 3 is 2.35 bits per heavy atom. The Balaban J connectivity index is 1.28. The lowest BCUT2D eigenvalue weighted by molar-refractivity contribution is -0.197. The monoisotopic (exact) mass is 694 g/mol. The number of ether oxygens (including phenoxy) is 4. The van der Waals surface area contributed by atoms with Crippen molar-refractivity contribution in [2.75, 3.05) is 33.5 Å². The number of rotatable bonds is 10. The predicted octanol–water partition coefficient (Wildman–Crippen LogP) is 0.322. The van der Waals surface area contributed by atoms with Gasteiger partial charge in [0.1, 0.15) is 60.2 Å². The maximum atomic E-state index is 14.0. The second-order valence-electron chi connectivity index (χ2n) is 10.9. The van der Waals surface area contributed by atoms with Gasteiger partial charge < -0.3 is 34.3 Å². The second-order valence-corrected chi connectivity index (χ2v) is 12.2. The Labute approximate surface area is 273 Å². The number of methoxy groups -OCH3 is 1. The molecule has 2 fully saturated rings. The zero-order valence-electron chi connectivity index (χ0n) is 25.0. The molecule has 0 bridgehead atoms. The van der Waals surface area contributed by atoms with Crippen molar-refractivity contribution in [2.24, 2.45) is 0 Å². The summed E-state index contributed by atoms with van der Waals surface area (Å²) >= 11 is 1.07. The molecule has 0 spiro atoms. The maximum Gasteiger partial charge on any atom is 0.331 e. The van der Waals surface area contributed by atoms with Gasteiger partial charge in [0.15, 0.2) is 17.5 Å². The van der Waals surface area contributed by atoms with Gasteiger partial charge >= 0.3 is 5.97 Å². The minimum atomic E-state index is -1.65. The molecule has 20 heteroatoms. The van der Waals surface area contributed by atoms with Crippen molar-refractivity contribution in [1.29, 1.82) is 0 Å². The molecule has 3 N–H and O–H groups in total. The van der Waals surface area contributed by atoms with Gasteiger partial charge in [-0.05, 0) is 12.1 Å². The Bertz CT molecular complexity index is 1700. The summed E-state index contributed by atoms with van der Waals surface area (Å²) in [6.45, 7) is -1.06. The lowest BCUT2D eigenvalue weighted by Gasteiger charge is -2.45. The van der Waals surface area contributed by atoms with E-state index in [1.54, 1.807) is 18.6 Å². The van der Waals surface area contributed by atoms with Gasteiger partial charge in [0.25, 0.3) is 0 Å². The number of carbonyl (C=O) groups is 1. The van der Waals surface area contributed by atoms with Crippen LogP contribution in [0.4, 0.5) is 13.2 Å². The molecule has 256 valence electrons. The van der Waals surface area contributed by atoms with E-state index in [0.717, 1.165) is 35.7 Å². The molecule has 1 aromatic carbocycles. The summed E-state index contributed by atoms with van der Waals surface area (Å²) < 4.78 is 66.6. The standard InChI is InChI=1S/C28H29F3N8O8S/c1-44-22(41)11-46-27-24(39-7-17(34-37-39)13-2-15(29)23(31)16(30)3-13)26(43)20(8-40)47-28(27)48-21-10-45-9-19(25(21)42)38-6-18(35-36-38)14-4-32-12-33-5-14/h2-7,12,19-21,24-28,40,42-43H,8-11H2,1H3. The zero-order chi connectivity index (χ0) is 33.9. The summed E-state index contributed by atoms with van der Waals surface area (Å²) in [4.78, 5) is 20.1. The van der Waals surface area contributed by atoms with Gasteiger partial charge in [-0.15, -0.1) is 22.0 Å². The van der Waals surface area contributed by atoms with E-state index >= 15 is 0 Å². The molecule has 0 amide bonds. The van der Waals surface area contributed by atoms with Crippen LogP contribution >= 0.6 is 11.8 Å². The molecule has 48 heavy (non-hydrogen) atoms. The molecule has 2 saturated heterocycles. The lowest BCUT2D eigenvalue weighted by Crippen LogP contribution is -2.57. The van der Waals surface area contributed by atoms with Gasteiger partial charge in [-0.1, -0.05) is 10.4 Å². The van der Waals surface area contributed by atoms with Crippen molar-refractivity contribution in [3.8, 4) is 22.5 Å². The average Bonchev–Trinajstić information content (AvgIpc) is 3.79. The van der Waals surface area contributed by atoms with Gasteiger partial charge in [0.2, 0.25) is 0 Å². The lowest BCUT2D eigenvalue weighted by atomic mass is 9.97. The second kappa shape index (κ2) is 14.6. The van der Waals surface area contributed by atoms with E-state index in [-0.39, 0.29) is 24.5 Å². The minimum Gasteiger partial charge on any atom is -0.467 e. The number of hydrogen-bond donors (Lipinski definition) is 3. The van der Waals surface area contributed by atoms with Crippen LogP contribution in [-0.2, 0) is 23.7 Å². The third-order valence-corrected chi connectivity index (χ3v) is 9.31. The van der Waals surface area contributed by atoms with Crippen LogP contribution < -0.4 is 0 Å². The van der Waals surface area contributed by atoms with Crippen molar-refractivity contribution in [1.82, 2.24) is 40.0 Å². The van der Waals surface area contributed by atoms with E-state index in [9.17, 15) is 33.3 Å². The molecule has 3 aromatic heterocycles. The third-order valence-electron chi connectivity index (χ3n) is 7.90. The Morgan fingerprint density at radius 1 is 1.00 bits per heavy atom. The molecule has 4 aromatic rings. The summed E-state index contributed by atoms with van der Waals surface area (Å²) in [7, 11) is 1.16. The zero-order valence-corrected chi connectivity index (χ0v) is 25.8. The third kappa shape index (κ3) is 6.90. The number of esters is 1. The molecular weight excluding hydrogens is 665 g/mol. The molecule has 6 rings (SSSR count). The van der Waals surface area contributed by atoms with E-state index in [2.05, 4.69) is 30.6 Å². The van der Waals surface area contributed by atoms with Crippen LogP contribution in [0, 0.1) is 17.5 Å². The topological polar surface area (TPSA) is 202 Å². The maximum absolute atomic E-state index is 14.0. The molecule has 8 unspecified atom stereocenters. The summed E-state index contributed by atoms with van der Waals surface area (Å²) in [5.74, 6) is -5.28. The van der Waals surface area contributed by atoms with Crippen molar-refractivity contribution >= 4 is 17.7 Å². The highest BCUT2D eigenvalue weighted by molar-refractivity contribution is 8.00. The van der Waals surface area contributed by atoms with Crippen LogP contribution in [0.15, 0.2) is 43.2 Å². The van der Waals surface area contributed by atoms with Gasteiger partial charge in [0.05, 0.1) is 50.7 Å².